The van der Waals surface area contributed by atoms with Crippen molar-refractivity contribution in [2.24, 2.45) is 0 Å². The Kier molecular flexibility index (Phi) is 7.43. The largest absolute Gasteiger partial charge is 0.367 e. The number of nitrogens with zero attached hydrogens (tertiary/aromatic N) is 1. The second-order valence-electron chi connectivity index (χ2n) is 5.36. The van der Waals surface area contributed by atoms with Crippen molar-refractivity contribution in [2.75, 3.05) is 25.5 Å². The molecular weight excluding hydrogens is 408 g/mol. The average molecular weight is 426 g/mol. The first-order chi connectivity index (χ1) is 12.0. The Morgan fingerprint density at radius 1 is 1.16 bits per heavy atom. The number of likely N-dealkylation sites (N-methyl/N-ethyl adjacent to an activating group) is 1. The van der Waals surface area contributed by atoms with E-state index in [0.29, 0.717) is 10.7 Å². The highest BCUT2D eigenvalue weighted by Gasteiger charge is 2.14. The molecule has 0 fully saturated rings. The van der Waals surface area contributed by atoms with E-state index in [4.69, 9.17) is 16.3 Å². The fraction of sp³-hybridized carbons (Fsp3) is 0.222. The van der Waals surface area contributed by atoms with Crippen LogP contribution in [0.5, 0.6) is 0 Å². The van der Waals surface area contributed by atoms with Gasteiger partial charge in [0, 0.05) is 16.5 Å². The normalized spacial score (nSPS) is 10.4. The van der Waals surface area contributed by atoms with E-state index in [1.807, 2.05) is 36.4 Å². The third kappa shape index (κ3) is 6.16. The van der Waals surface area contributed by atoms with Crippen molar-refractivity contribution in [3.63, 3.8) is 0 Å². The number of para-hydroxylation sites is 1. The van der Waals surface area contributed by atoms with Gasteiger partial charge in [-0.2, -0.15) is 0 Å². The predicted octanol–water partition coefficient (Wildman–Crippen LogP) is 3.72. The first-order valence-corrected chi connectivity index (χ1v) is 8.74. The monoisotopic (exact) mass is 424 g/mol. The van der Waals surface area contributed by atoms with Crippen molar-refractivity contribution < 1.29 is 14.3 Å². The molecule has 0 heterocycles. The third-order valence-corrected chi connectivity index (χ3v) is 4.46. The highest BCUT2D eigenvalue weighted by molar-refractivity contribution is 9.10. The van der Waals surface area contributed by atoms with Crippen LogP contribution in [0.25, 0.3) is 0 Å². The summed E-state index contributed by atoms with van der Waals surface area (Å²) in [5.74, 6) is -0.566. The van der Waals surface area contributed by atoms with E-state index in [9.17, 15) is 9.59 Å². The van der Waals surface area contributed by atoms with Crippen LogP contribution in [0.2, 0.25) is 5.02 Å². The van der Waals surface area contributed by atoms with Gasteiger partial charge in [0.15, 0.2) is 0 Å². The quantitative estimate of drug-likeness (QED) is 0.735. The van der Waals surface area contributed by atoms with E-state index in [1.165, 1.54) is 4.90 Å². The van der Waals surface area contributed by atoms with Gasteiger partial charge >= 0.3 is 0 Å². The fourth-order valence-electron chi connectivity index (χ4n) is 2.03. The molecule has 2 amide bonds. The van der Waals surface area contributed by atoms with Gasteiger partial charge in [0.2, 0.25) is 11.8 Å². The van der Waals surface area contributed by atoms with Crippen molar-refractivity contribution in [1.29, 1.82) is 0 Å². The number of ether oxygens (including phenoxy) is 1. The van der Waals surface area contributed by atoms with E-state index >= 15 is 0 Å². The summed E-state index contributed by atoms with van der Waals surface area (Å²) in [5, 5.41) is 3.34. The molecule has 7 heteroatoms. The third-order valence-electron chi connectivity index (χ3n) is 3.40. The number of halogens is 2. The summed E-state index contributed by atoms with van der Waals surface area (Å²) in [4.78, 5) is 25.4. The lowest BCUT2D eigenvalue weighted by atomic mass is 10.2. The molecule has 2 rings (SSSR count). The summed E-state index contributed by atoms with van der Waals surface area (Å²) in [5.41, 5.74) is 1.47. The molecule has 0 spiro atoms. The van der Waals surface area contributed by atoms with Crippen LogP contribution in [0, 0.1) is 0 Å². The van der Waals surface area contributed by atoms with E-state index in [2.05, 4.69) is 21.2 Å². The van der Waals surface area contributed by atoms with E-state index < -0.39 is 0 Å². The summed E-state index contributed by atoms with van der Waals surface area (Å²) in [6.45, 7) is 0.0576. The van der Waals surface area contributed by atoms with Gasteiger partial charge in [-0.25, -0.2) is 0 Å². The minimum atomic E-state index is -0.283. The second kappa shape index (κ2) is 9.56. The molecule has 0 saturated carbocycles. The highest BCUT2D eigenvalue weighted by Crippen LogP contribution is 2.21. The Morgan fingerprint density at radius 2 is 1.84 bits per heavy atom. The Labute approximate surface area is 160 Å². The number of hydrogen-bond donors (Lipinski definition) is 1. The zero-order valence-corrected chi connectivity index (χ0v) is 16.0. The van der Waals surface area contributed by atoms with Gasteiger partial charge in [-0.1, -0.05) is 41.9 Å². The highest BCUT2D eigenvalue weighted by atomic mass is 79.9. The first-order valence-electron chi connectivity index (χ1n) is 7.57. The molecular formula is C18H18BrClN2O3. The van der Waals surface area contributed by atoms with E-state index in [-0.39, 0.29) is 31.6 Å². The molecule has 0 aliphatic heterocycles. The van der Waals surface area contributed by atoms with Crippen LogP contribution in [0.1, 0.15) is 5.56 Å². The van der Waals surface area contributed by atoms with E-state index in [0.717, 1.165) is 10.0 Å². The molecule has 0 saturated heterocycles. The summed E-state index contributed by atoms with van der Waals surface area (Å²) >= 11 is 9.38. The summed E-state index contributed by atoms with van der Waals surface area (Å²) in [6.07, 6.45) is 0. The zero-order valence-electron chi connectivity index (χ0n) is 13.7. The molecule has 0 bridgehead atoms. The van der Waals surface area contributed by atoms with Gasteiger partial charge in [0.05, 0.1) is 18.8 Å². The van der Waals surface area contributed by atoms with Crippen molar-refractivity contribution in [1.82, 2.24) is 4.90 Å². The summed E-state index contributed by atoms with van der Waals surface area (Å²) < 4.78 is 6.17. The average Bonchev–Trinajstić information content (AvgIpc) is 2.58. The van der Waals surface area contributed by atoms with E-state index in [1.54, 1.807) is 19.2 Å². The maximum atomic E-state index is 12.1. The Hall–Kier alpha value is -1.89. The van der Waals surface area contributed by atoms with Gasteiger partial charge in [0.25, 0.3) is 0 Å². The van der Waals surface area contributed by atoms with Gasteiger partial charge in [-0.05, 0) is 39.7 Å². The van der Waals surface area contributed by atoms with Crippen molar-refractivity contribution in [3.8, 4) is 0 Å². The molecule has 1 N–H and O–H groups in total. The van der Waals surface area contributed by atoms with Crippen LogP contribution in [0.4, 0.5) is 5.69 Å². The number of hydrogen-bond acceptors (Lipinski definition) is 3. The number of carbonyl (C=O) groups excluding carboxylic acids is 2. The predicted molar refractivity (Wildman–Crippen MR) is 102 cm³/mol. The summed E-state index contributed by atoms with van der Waals surface area (Å²) in [6, 6.07) is 14.5. The fourth-order valence-corrected chi connectivity index (χ4v) is 2.60. The maximum absolute atomic E-state index is 12.1. The van der Waals surface area contributed by atoms with Crippen LogP contribution in [0.3, 0.4) is 0 Å². The molecule has 5 nitrogen and oxygen atoms in total. The molecule has 0 radical (unpaired) electrons. The second-order valence-corrected chi connectivity index (χ2v) is 6.62. The van der Waals surface area contributed by atoms with Crippen molar-refractivity contribution in [2.45, 2.75) is 6.61 Å². The molecule has 0 aromatic heterocycles. The molecule has 0 atom stereocenters. The maximum Gasteiger partial charge on any atom is 0.248 e. The zero-order chi connectivity index (χ0) is 18.2. The smallest absolute Gasteiger partial charge is 0.248 e. The lowest BCUT2D eigenvalue weighted by molar-refractivity contribution is -0.137. The molecule has 2 aromatic carbocycles. The number of rotatable bonds is 7. The van der Waals surface area contributed by atoms with Crippen LogP contribution in [0.15, 0.2) is 53.0 Å². The van der Waals surface area contributed by atoms with Gasteiger partial charge in [-0.3, -0.25) is 9.59 Å². The van der Waals surface area contributed by atoms with Gasteiger partial charge < -0.3 is 15.0 Å². The number of amides is 2. The SMILES string of the molecule is CN(CC(=O)Nc1ccccc1Br)C(=O)COCc1ccccc1Cl. The standard InChI is InChI=1S/C18H18BrClN2O3/c1-22(10-17(23)21-16-9-5-3-7-14(16)19)18(24)12-25-11-13-6-2-4-8-15(13)20/h2-9H,10-12H2,1H3,(H,21,23). The molecule has 2 aromatic rings. The number of benzene rings is 2. The minimum absolute atomic E-state index is 0.0599. The number of carbonyl (C=O) groups is 2. The number of nitrogens with one attached hydrogen (secondary N) is 1. The molecule has 132 valence electrons. The minimum Gasteiger partial charge on any atom is -0.367 e. The Morgan fingerprint density at radius 3 is 2.56 bits per heavy atom. The van der Waals surface area contributed by atoms with Crippen LogP contribution in [-0.4, -0.2) is 36.9 Å². The molecule has 0 aliphatic carbocycles. The topological polar surface area (TPSA) is 58.6 Å². The lowest BCUT2D eigenvalue weighted by Crippen LogP contribution is -2.37. The van der Waals surface area contributed by atoms with Crippen LogP contribution >= 0.6 is 27.5 Å². The van der Waals surface area contributed by atoms with Gasteiger partial charge in [0.1, 0.15) is 6.61 Å². The summed E-state index contributed by atoms with van der Waals surface area (Å²) in [7, 11) is 1.56. The molecule has 25 heavy (non-hydrogen) atoms. The van der Waals surface area contributed by atoms with Crippen LogP contribution < -0.4 is 5.32 Å². The van der Waals surface area contributed by atoms with Crippen molar-refractivity contribution >= 4 is 45.0 Å². The van der Waals surface area contributed by atoms with Gasteiger partial charge in [-0.15, -0.1) is 0 Å². The van der Waals surface area contributed by atoms with Crippen molar-refractivity contribution in [3.05, 3.63) is 63.6 Å². The lowest BCUT2D eigenvalue weighted by Gasteiger charge is -2.17. The molecule has 0 unspecified atom stereocenters. The van der Waals surface area contributed by atoms with Crippen LogP contribution in [-0.2, 0) is 20.9 Å². The first kappa shape index (κ1) is 19.4. The Bertz CT molecular complexity index is 755. The molecule has 0 aliphatic rings. The Balaban J connectivity index is 1.77. The number of anilines is 1.